The molecule has 0 bridgehead atoms. The zero-order valence-corrected chi connectivity index (χ0v) is 19.7. The van der Waals surface area contributed by atoms with E-state index >= 15 is 0 Å². The second kappa shape index (κ2) is 9.08. The zero-order valence-electron chi connectivity index (χ0n) is 19.7. The third-order valence-corrected chi connectivity index (χ3v) is 7.12. The van der Waals surface area contributed by atoms with Crippen molar-refractivity contribution in [2.24, 2.45) is 0 Å². The predicted octanol–water partition coefficient (Wildman–Crippen LogP) is 6.63. The van der Waals surface area contributed by atoms with Gasteiger partial charge in [-0.1, -0.05) is 76.9 Å². The summed E-state index contributed by atoms with van der Waals surface area (Å²) in [4.78, 5) is 4.99. The maximum Gasteiger partial charge on any atom is 0.170 e. The Morgan fingerprint density at radius 2 is 1.65 bits per heavy atom. The van der Waals surface area contributed by atoms with Crippen LogP contribution in [0.25, 0.3) is 6.08 Å². The number of unbranched alkanes of at least 4 members (excludes halogenated alkanes) is 2. The van der Waals surface area contributed by atoms with E-state index in [0.717, 1.165) is 26.2 Å². The molecule has 0 spiro atoms. The quantitative estimate of drug-likeness (QED) is 0.454. The van der Waals surface area contributed by atoms with Gasteiger partial charge in [0.25, 0.3) is 0 Å². The molecule has 31 heavy (non-hydrogen) atoms. The van der Waals surface area contributed by atoms with Gasteiger partial charge in [0.15, 0.2) is 5.72 Å². The molecule has 0 amide bonds. The summed E-state index contributed by atoms with van der Waals surface area (Å²) >= 11 is 0. The fraction of sp³-hybridized carbons (Fsp3) is 0.500. The first-order valence-corrected chi connectivity index (χ1v) is 12.1. The van der Waals surface area contributed by atoms with E-state index in [4.69, 9.17) is 4.74 Å². The minimum atomic E-state index is -0.413. The van der Waals surface area contributed by atoms with Gasteiger partial charge < -0.3 is 14.5 Å². The van der Waals surface area contributed by atoms with Gasteiger partial charge in [0.05, 0.1) is 6.61 Å². The van der Waals surface area contributed by atoms with Crippen molar-refractivity contribution < 1.29 is 4.74 Å². The molecule has 1 saturated heterocycles. The molecule has 1 atom stereocenters. The summed E-state index contributed by atoms with van der Waals surface area (Å²) in [5.74, 6) is 0. The first kappa shape index (κ1) is 22.0. The Labute approximate surface area is 188 Å². The Bertz CT molecular complexity index is 893. The minimum Gasteiger partial charge on any atom is -0.372 e. The van der Waals surface area contributed by atoms with Crippen LogP contribution in [0.1, 0.15) is 64.5 Å². The van der Waals surface area contributed by atoms with Gasteiger partial charge in [0.1, 0.15) is 0 Å². The first-order valence-electron chi connectivity index (χ1n) is 12.1. The van der Waals surface area contributed by atoms with Crippen LogP contribution in [0.15, 0.2) is 54.6 Å². The Kier molecular flexibility index (Phi) is 6.43. The molecule has 166 valence electrons. The van der Waals surface area contributed by atoms with Gasteiger partial charge in [-0.3, -0.25) is 0 Å². The first-order chi connectivity index (χ1) is 15.0. The van der Waals surface area contributed by atoms with Crippen LogP contribution in [0.3, 0.4) is 0 Å². The number of benzene rings is 2. The number of fused-ring (bicyclic) bond motifs is 3. The van der Waals surface area contributed by atoms with Crippen molar-refractivity contribution in [1.82, 2.24) is 0 Å². The Balaban J connectivity index is 1.56. The van der Waals surface area contributed by atoms with Gasteiger partial charge in [-0.25, -0.2) is 0 Å². The monoisotopic (exact) mass is 418 g/mol. The Morgan fingerprint density at radius 3 is 2.32 bits per heavy atom. The smallest absolute Gasteiger partial charge is 0.170 e. The molecule has 1 unspecified atom stereocenters. The highest BCUT2D eigenvalue weighted by atomic mass is 16.5. The standard InChI is InChI=1S/C28H38N2O/c1-5-7-19-29(20-8-6-2)24-15-13-23(14-16-24)17-18-28-27(3,4)25-11-9-10-12-26(25)30(28)21-22-31-28/h9-18H,5-8,19-22H2,1-4H3. The summed E-state index contributed by atoms with van der Waals surface area (Å²) in [7, 11) is 0. The van der Waals surface area contributed by atoms with Crippen molar-refractivity contribution in [3.8, 4) is 0 Å². The third kappa shape index (κ3) is 3.89. The van der Waals surface area contributed by atoms with E-state index in [1.165, 1.54) is 48.2 Å². The number of nitrogens with zero attached hydrogens (tertiary/aromatic N) is 2. The van der Waals surface area contributed by atoms with Crippen molar-refractivity contribution in [1.29, 1.82) is 0 Å². The number of rotatable bonds is 9. The van der Waals surface area contributed by atoms with Gasteiger partial charge >= 0.3 is 0 Å². The van der Waals surface area contributed by atoms with Crippen LogP contribution in [-0.4, -0.2) is 32.0 Å². The van der Waals surface area contributed by atoms with Gasteiger partial charge in [0, 0.05) is 36.4 Å². The zero-order chi connectivity index (χ0) is 21.9. The second-order valence-electron chi connectivity index (χ2n) is 9.46. The SMILES string of the molecule is CCCCN(CCCC)c1ccc(C=CC23OCCN2c2ccccc2C3(C)C)cc1. The number of anilines is 2. The topological polar surface area (TPSA) is 15.7 Å². The molecule has 0 radical (unpaired) electrons. The molecular formula is C28H38N2O. The molecular weight excluding hydrogens is 380 g/mol. The molecule has 0 N–H and O–H groups in total. The van der Waals surface area contributed by atoms with Gasteiger partial charge in [-0.05, 0) is 48.2 Å². The highest BCUT2D eigenvalue weighted by Gasteiger charge is 2.58. The Hall–Kier alpha value is -2.26. The second-order valence-corrected chi connectivity index (χ2v) is 9.46. The van der Waals surface area contributed by atoms with Gasteiger partial charge in [-0.2, -0.15) is 0 Å². The lowest BCUT2D eigenvalue weighted by Crippen LogP contribution is -2.51. The van der Waals surface area contributed by atoms with E-state index in [0.29, 0.717) is 0 Å². The summed E-state index contributed by atoms with van der Waals surface area (Å²) < 4.78 is 6.47. The van der Waals surface area contributed by atoms with E-state index in [2.05, 4.69) is 98.2 Å². The molecule has 0 saturated carbocycles. The van der Waals surface area contributed by atoms with Crippen molar-refractivity contribution in [3.63, 3.8) is 0 Å². The van der Waals surface area contributed by atoms with Crippen LogP contribution in [0.5, 0.6) is 0 Å². The van der Waals surface area contributed by atoms with Crippen LogP contribution in [0.2, 0.25) is 0 Å². The molecule has 2 aromatic carbocycles. The molecule has 2 aliphatic heterocycles. The van der Waals surface area contributed by atoms with Crippen molar-refractivity contribution >= 4 is 17.5 Å². The van der Waals surface area contributed by atoms with Crippen LogP contribution >= 0.6 is 0 Å². The highest BCUT2D eigenvalue weighted by molar-refractivity contribution is 5.70. The van der Waals surface area contributed by atoms with Gasteiger partial charge in [0.2, 0.25) is 0 Å². The van der Waals surface area contributed by atoms with E-state index in [1.54, 1.807) is 0 Å². The third-order valence-electron chi connectivity index (χ3n) is 7.12. The molecule has 4 rings (SSSR count). The summed E-state index contributed by atoms with van der Waals surface area (Å²) in [5.41, 5.74) is 4.73. The number of hydrogen-bond acceptors (Lipinski definition) is 3. The fourth-order valence-electron chi connectivity index (χ4n) is 5.20. The summed E-state index contributed by atoms with van der Waals surface area (Å²) in [6.45, 7) is 13.1. The van der Waals surface area contributed by atoms with Crippen LogP contribution in [0, 0.1) is 0 Å². The molecule has 0 aliphatic carbocycles. The van der Waals surface area contributed by atoms with E-state index in [-0.39, 0.29) is 5.41 Å². The molecule has 2 heterocycles. The van der Waals surface area contributed by atoms with Gasteiger partial charge in [-0.15, -0.1) is 0 Å². The van der Waals surface area contributed by atoms with E-state index in [1.807, 2.05) is 0 Å². The summed E-state index contributed by atoms with van der Waals surface area (Å²) in [6, 6.07) is 17.8. The normalized spacial score (nSPS) is 21.5. The molecule has 3 heteroatoms. The lowest BCUT2D eigenvalue weighted by atomic mass is 9.77. The number of hydrogen-bond donors (Lipinski definition) is 0. The van der Waals surface area contributed by atoms with Crippen molar-refractivity contribution in [2.75, 3.05) is 36.0 Å². The summed E-state index contributed by atoms with van der Waals surface area (Å²) in [5, 5.41) is 0. The predicted molar refractivity (Wildman–Crippen MR) is 133 cm³/mol. The minimum absolute atomic E-state index is 0.104. The maximum absolute atomic E-state index is 6.47. The number of para-hydroxylation sites is 1. The molecule has 2 aliphatic rings. The maximum atomic E-state index is 6.47. The highest BCUT2D eigenvalue weighted by Crippen LogP contribution is 2.54. The van der Waals surface area contributed by atoms with E-state index < -0.39 is 5.72 Å². The molecule has 3 nitrogen and oxygen atoms in total. The average molecular weight is 419 g/mol. The number of ether oxygens (including phenoxy) is 1. The van der Waals surface area contributed by atoms with Crippen molar-refractivity contribution in [3.05, 3.63) is 65.7 Å². The average Bonchev–Trinajstić information content (AvgIpc) is 3.30. The lowest BCUT2D eigenvalue weighted by molar-refractivity contribution is 0.000337. The molecule has 1 fully saturated rings. The molecule has 2 aromatic rings. The van der Waals surface area contributed by atoms with Crippen molar-refractivity contribution in [2.45, 2.75) is 64.5 Å². The molecule has 0 aromatic heterocycles. The largest absolute Gasteiger partial charge is 0.372 e. The van der Waals surface area contributed by atoms with Crippen LogP contribution in [-0.2, 0) is 10.2 Å². The van der Waals surface area contributed by atoms with E-state index in [9.17, 15) is 0 Å². The fourth-order valence-corrected chi connectivity index (χ4v) is 5.20. The lowest BCUT2D eigenvalue weighted by Gasteiger charge is -2.39. The van der Waals surface area contributed by atoms with Crippen LogP contribution in [0.4, 0.5) is 11.4 Å². The Morgan fingerprint density at radius 1 is 0.968 bits per heavy atom. The summed E-state index contributed by atoms with van der Waals surface area (Å²) in [6.07, 6.45) is 9.51. The van der Waals surface area contributed by atoms with Crippen LogP contribution < -0.4 is 9.80 Å².